The van der Waals surface area contributed by atoms with Crippen molar-refractivity contribution in [1.82, 2.24) is 5.16 Å². The Morgan fingerprint density at radius 1 is 1.44 bits per heavy atom. The van der Waals surface area contributed by atoms with E-state index < -0.39 is 5.97 Å². The predicted octanol–water partition coefficient (Wildman–Crippen LogP) is 2.36. The molecule has 0 fully saturated rings. The predicted molar refractivity (Wildman–Crippen MR) is 62.7 cm³/mol. The van der Waals surface area contributed by atoms with Crippen molar-refractivity contribution in [1.29, 1.82) is 0 Å². The van der Waals surface area contributed by atoms with E-state index in [1.165, 1.54) is 6.07 Å². The van der Waals surface area contributed by atoms with Crippen LogP contribution in [0.2, 0.25) is 0 Å². The summed E-state index contributed by atoms with van der Waals surface area (Å²) < 4.78 is 10.6. The van der Waals surface area contributed by atoms with Crippen LogP contribution < -0.4 is 4.74 Å². The molecule has 0 aliphatic carbocycles. The lowest BCUT2D eigenvalue weighted by Gasteiger charge is -2.02. The molecule has 1 atom stereocenters. The molecule has 0 saturated heterocycles. The summed E-state index contributed by atoms with van der Waals surface area (Å²) in [4.78, 5) is 10.7. The Hall–Kier alpha value is -2.30. The molecule has 0 radical (unpaired) electrons. The Labute approximate surface area is 103 Å². The Morgan fingerprint density at radius 3 is 3.00 bits per heavy atom. The number of fused-ring (bicyclic) bond motifs is 1. The largest absolute Gasteiger partial charge is 0.490 e. The Morgan fingerprint density at radius 2 is 2.28 bits per heavy atom. The molecule has 1 aromatic heterocycles. The van der Waals surface area contributed by atoms with Crippen molar-refractivity contribution in [2.75, 3.05) is 0 Å². The van der Waals surface area contributed by atoms with E-state index in [4.69, 9.17) is 14.4 Å². The van der Waals surface area contributed by atoms with Crippen LogP contribution in [0, 0.1) is 0 Å². The summed E-state index contributed by atoms with van der Waals surface area (Å²) in [6, 6.07) is 7.08. The third kappa shape index (κ3) is 1.73. The minimum Gasteiger partial charge on any atom is -0.490 e. The molecular weight excluding hydrogens is 234 g/mol. The number of nitrogens with zero attached hydrogens (tertiary/aromatic N) is 1. The first-order chi connectivity index (χ1) is 8.63. The number of aromatic nitrogens is 1. The molecule has 2 heterocycles. The van der Waals surface area contributed by atoms with Crippen LogP contribution in [0.15, 0.2) is 28.8 Å². The number of rotatable bonds is 2. The van der Waals surface area contributed by atoms with Gasteiger partial charge in [-0.25, -0.2) is 4.79 Å². The number of carboxylic acids is 1. The number of carboxylic acid groups (broad SMARTS) is 1. The lowest BCUT2D eigenvalue weighted by molar-refractivity contribution is 0.0686. The fourth-order valence-corrected chi connectivity index (χ4v) is 2.09. The van der Waals surface area contributed by atoms with E-state index in [1.807, 2.05) is 25.1 Å². The minimum atomic E-state index is -1.09. The van der Waals surface area contributed by atoms with Crippen molar-refractivity contribution < 1.29 is 19.2 Å². The van der Waals surface area contributed by atoms with Crippen LogP contribution in [0.3, 0.4) is 0 Å². The second kappa shape index (κ2) is 3.87. The van der Waals surface area contributed by atoms with Gasteiger partial charge in [0.2, 0.25) is 0 Å². The summed E-state index contributed by atoms with van der Waals surface area (Å²) >= 11 is 0. The van der Waals surface area contributed by atoms with Crippen molar-refractivity contribution in [2.45, 2.75) is 19.4 Å². The molecule has 0 bridgehead atoms. The van der Waals surface area contributed by atoms with Gasteiger partial charge in [-0.3, -0.25) is 0 Å². The van der Waals surface area contributed by atoms with Gasteiger partial charge in [-0.15, -0.1) is 0 Å². The third-order valence-corrected chi connectivity index (χ3v) is 2.91. The molecule has 18 heavy (non-hydrogen) atoms. The highest BCUT2D eigenvalue weighted by atomic mass is 16.5. The highest BCUT2D eigenvalue weighted by Gasteiger charge is 2.20. The number of aromatic carboxylic acids is 1. The zero-order valence-electron chi connectivity index (χ0n) is 9.71. The number of benzene rings is 1. The average Bonchev–Trinajstić information content (AvgIpc) is 2.91. The minimum absolute atomic E-state index is 0.0879. The fraction of sp³-hybridized carbons (Fsp3) is 0.231. The molecule has 3 rings (SSSR count). The van der Waals surface area contributed by atoms with E-state index >= 15 is 0 Å². The number of hydrogen-bond donors (Lipinski definition) is 1. The van der Waals surface area contributed by atoms with Gasteiger partial charge < -0.3 is 14.4 Å². The van der Waals surface area contributed by atoms with Crippen LogP contribution in [0.25, 0.3) is 11.3 Å². The monoisotopic (exact) mass is 245 g/mol. The maximum absolute atomic E-state index is 10.7. The second-order valence-electron chi connectivity index (χ2n) is 4.34. The van der Waals surface area contributed by atoms with E-state index in [1.54, 1.807) is 0 Å². The smallest absolute Gasteiger partial charge is 0.358 e. The van der Waals surface area contributed by atoms with Gasteiger partial charge in [0.05, 0.1) is 0 Å². The summed E-state index contributed by atoms with van der Waals surface area (Å²) in [5, 5.41) is 12.3. The molecule has 5 heteroatoms. The van der Waals surface area contributed by atoms with Gasteiger partial charge >= 0.3 is 5.97 Å². The van der Waals surface area contributed by atoms with Crippen LogP contribution >= 0.6 is 0 Å². The molecule has 1 aliphatic heterocycles. The summed E-state index contributed by atoms with van der Waals surface area (Å²) in [5.41, 5.74) is 1.83. The summed E-state index contributed by atoms with van der Waals surface area (Å²) in [7, 11) is 0. The molecule has 0 saturated carbocycles. The van der Waals surface area contributed by atoms with E-state index in [2.05, 4.69) is 5.16 Å². The van der Waals surface area contributed by atoms with Gasteiger partial charge in [0.25, 0.3) is 0 Å². The first-order valence-corrected chi connectivity index (χ1v) is 5.63. The van der Waals surface area contributed by atoms with Crippen molar-refractivity contribution >= 4 is 5.97 Å². The highest BCUT2D eigenvalue weighted by Crippen LogP contribution is 2.32. The molecule has 5 nitrogen and oxygen atoms in total. The average molecular weight is 245 g/mol. The van der Waals surface area contributed by atoms with Gasteiger partial charge in [0.1, 0.15) is 11.9 Å². The van der Waals surface area contributed by atoms with Crippen LogP contribution in [0.4, 0.5) is 0 Å². The zero-order valence-corrected chi connectivity index (χ0v) is 9.71. The second-order valence-corrected chi connectivity index (χ2v) is 4.34. The number of ether oxygens (including phenoxy) is 1. The maximum atomic E-state index is 10.7. The third-order valence-electron chi connectivity index (χ3n) is 2.91. The first-order valence-electron chi connectivity index (χ1n) is 5.63. The van der Waals surface area contributed by atoms with Crippen LogP contribution in [-0.2, 0) is 6.42 Å². The van der Waals surface area contributed by atoms with Crippen molar-refractivity contribution in [3.63, 3.8) is 0 Å². The maximum Gasteiger partial charge on any atom is 0.358 e. The summed E-state index contributed by atoms with van der Waals surface area (Å²) in [5.74, 6) is 0.238. The lowest BCUT2D eigenvalue weighted by Crippen LogP contribution is -2.05. The Bertz CT molecular complexity index is 617. The van der Waals surface area contributed by atoms with Gasteiger partial charge in [-0.1, -0.05) is 5.16 Å². The normalized spacial score (nSPS) is 17.3. The van der Waals surface area contributed by atoms with E-state index in [-0.39, 0.29) is 11.8 Å². The van der Waals surface area contributed by atoms with Gasteiger partial charge in [0, 0.05) is 18.1 Å². The highest BCUT2D eigenvalue weighted by molar-refractivity contribution is 5.86. The topological polar surface area (TPSA) is 72.6 Å². The van der Waals surface area contributed by atoms with E-state index in [0.717, 1.165) is 23.3 Å². The summed E-state index contributed by atoms with van der Waals surface area (Å²) in [6.45, 7) is 2.01. The Balaban J connectivity index is 1.97. The molecule has 1 N–H and O–H groups in total. The molecule has 92 valence electrons. The van der Waals surface area contributed by atoms with Crippen LogP contribution in [0.5, 0.6) is 5.75 Å². The van der Waals surface area contributed by atoms with E-state index in [9.17, 15) is 4.79 Å². The first kappa shape index (κ1) is 10.8. The van der Waals surface area contributed by atoms with Gasteiger partial charge in [-0.2, -0.15) is 0 Å². The molecule has 1 unspecified atom stereocenters. The van der Waals surface area contributed by atoms with E-state index in [0.29, 0.717) is 5.76 Å². The van der Waals surface area contributed by atoms with Crippen molar-refractivity contribution in [3.05, 3.63) is 35.5 Å². The van der Waals surface area contributed by atoms with Crippen LogP contribution in [0.1, 0.15) is 23.0 Å². The van der Waals surface area contributed by atoms with Gasteiger partial charge in [-0.05, 0) is 30.7 Å². The van der Waals surface area contributed by atoms with Crippen molar-refractivity contribution in [3.8, 4) is 17.1 Å². The molecule has 2 aromatic rings. The molecule has 1 aliphatic rings. The quantitative estimate of drug-likeness (QED) is 0.879. The lowest BCUT2D eigenvalue weighted by atomic mass is 10.1. The standard InChI is InChI=1S/C13H11NO4/c1-7-4-9-5-8(2-3-11(9)17-7)12-6-10(13(15)16)14-18-12/h2-3,5-7H,4H2,1H3,(H,15,16). The molecule has 1 aromatic carbocycles. The SMILES string of the molecule is CC1Cc2cc(-c3cc(C(=O)O)no3)ccc2O1. The Kier molecular flexibility index (Phi) is 2.33. The zero-order chi connectivity index (χ0) is 12.7. The van der Waals surface area contributed by atoms with Crippen molar-refractivity contribution in [2.24, 2.45) is 0 Å². The van der Waals surface area contributed by atoms with Gasteiger partial charge in [0.15, 0.2) is 11.5 Å². The van der Waals surface area contributed by atoms with Crippen LogP contribution in [-0.4, -0.2) is 22.3 Å². The summed E-state index contributed by atoms with van der Waals surface area (Å²) in [6.07, 6.45) is 1.03. The molecular formula is C13H11NO4. The fourth-order valence-electron chi connectivity index (χ4n) is 2.09. The molecule has 0 amide bonds. The number of carbonyl (C=O) groups is 1. The molecule has 0 spiro atoms. The number of hydrogen-bond acceptors (Lipinski definition) is 4.